The number of oxazole rings is 1. The molecule has 0 aromatic carbocycles. The zero-order valence-electron chi connectivity index (χ0n) is 6.98. The number of anilines is 1. The summed E-state index contributed by atoms with van der Waals surface area (Å²) in [5.41, 5.74) is 6.25. The van der Waals surface area contributed by atoms with Crippen LogP contribution in [0.3, 0.4) is 0 Å². The lowest BCUT2D eigenvalue weighted by molar-refractivity contribution is 0.454. The van der Waals surface area contributed by atoms with Crippen molar-refractivity contribution in [2.45, 2.75) is 10.2 Å². The summed E-state index contributed by atoms with van der Waals surface area (Å²) < 4.78 is 5.05. The summed E-state index contributed by atoms with van der Waals surface area (Å²) in [5, 5.41) is 1.49. The third kappa shape index (κ3) is 2.00. The number of nitrogens with zero attached hydrogens (tertiary/aromatic N) is 2. The third-order valence-electron chi connectivity index (χ3n) is 1.45. The van der Waals surface area contributed by atoms with Crippen molar-refractivity contribution in [1.29, 1.82) is 0 Å². The molecular weight excluding hydrogens is 222 g/mol. The van der Waals surface area contributed by atoms with E-state index in [1.165, 1.54) is 18.0 Å². The fourth-order valence-electron chi connectivity index (χ4n) is 0.854. The van der Waals surface area contributed by atoms with Gasteiger partial charge < -0.3 is 10.2 Å². The SMILES string of the molecule is Nc1ccc(Cl)nc1Sc1ncco1. The fraction of sp³-hybridized carbons (Fsp3) is 0. The van der Waals surface area contributed by atoms with Gasteiger partial charge in [-0.05, 0) is 23.9 Å². The van der Waals surface area contributed by atoms with Gasteiger partial charge in [-0.2, -0.15) is 0 Å². The number of nitrogen functional groups attached to an aromatic ring is 1. The fourth-order valence-corrected chi connectivity index (χ4v) is 1.76. The Labute approximate surface area is 89.5 Å². The van der Waals surface area contributed by atoms with E-state index < -0.39 is 0 Å². The minimum Gasteiger partial charge on any atom is -0.440 e. The van der Waals surface area contributed by atoms with Crippen LogP contribution in [0, 0.1) is 0 Å². The highest BCUT2D eigenvalue weighted by Gasteiger charge is 2.07. The second kappa shape index (κ2) is 3.89. The van der Waals surface area contributed by atoms with Crippen LogP contribution in [0.25, 0.3) is 0 Å². The van der Waals surface area contributed by atoms with Crippen LogP contribution in [-0.4, -0.2) is 9.97 Å². The minimum atomic E-state index is 0.397. The number of rotatable bonds is 2. The average Bonchev–Trinajstić information content (AvgIpc) is 2.64. The van der Waals surface area contributed by atoms with E-state index in [0.29, 0.717) is 21.1 Å². The van der Waals surface area contributed by atoms with Crippen molar-refractivity contribution in [3.8, 4) is 0 Å². The second-order valence-electron chi connectivity index (χ2n) is 2.43. The molecule has 0 spiro atoms. The highest BCUT2D eigenvalue weighted by atomic mass is 35.5. The molecule has 0 aliphatic rings. The molecule has 0 amide bonds. The van der Waals surface area contributed by atoms with Crippen molar-refractivity contribution in [2.75, 3.05) is 5.73 Å². The molecular formula is C8H6ClN3OS. The molecule has 0 unspecified atom stereocenters. The summed E-state index contributed by atoms with van der Waals surface area (Å²) in [4.78, 5) is 7.99. The lowest BCUT2D eigenvalue weighted by Crippen LogP contribution is -1.91. The molecule has 2 aromatic heterocycles. The van der Waals surface area contributed by atoms with Gasteiger partial charge in [0, 0.05) is 0 Å². The molecule has 14 heavy (non-hydrogen) atoms. The van der Waals surface area contributed by atoms with Crippen LogP contribution in [0.15, 0.2) is 39.3 Å². The van der Waals surface area contributed by atoms with Crippen LogP contribution in [0.1, 0.15) is 0 Å². The normalized spacial score (nSPS) is 10.4. The Kier molecular flexibility index (Phi) is 2.60. The van der Waals surface area contributed by atoms with Crippen LogP contribution >= 0.6 is 23.4 Å². The molecule has 0 fully saturated rings. The van der Waals surface area contributed by atoms with Gasteiger partial charge in [0.25, 0.3) is 5.22 Å². The van der Waals surface area contributed by atoms with E-state index >= 15 is 0 Å². The maximum atomic E-state index is 5.73. The monoisotopic (exact) mass is 227 g/mol. The first-order chi connectivity index (χ1) is 6.75. The molecule has 0 bridgehead atoms. The van der Waals surface area contributed by atoms with Gasteiger partial charge in [0.2, 0.25) is 0 Å². The Morgan fingerprint density at radius 3 is 3.00 bits per heavy atom. The molecule has 2 rings (SSSR count). The molecule has 0 aliphatic carbocycles. The average molecular weight is 228 g/mol. The van der Waals surface area contributed by atoms with Crippen LogP contribution in [0.4, 0.5) is 5.69 Å². The van der Waals surface area contributed by atoms with Crippen molar-refractivity contribution in [3.05, 3.63) is 29.7 Å². The molecule has 72 valence electrons. The van der Waals surface area contributed by atoms with Gasteiger partial charge in [-0.3, -0.25) is 0 Å². The second-order valence-corrected chi connectivity index (χ2v) is 3.76. The van der Waals surface area contributed by atoms with Crippen LogP contribution in [0.2, 0.25) is 5.15 Å². The van der Waals surface area contributed by atoms with Crippen molar-refractivity contribution in [2.24, 2.45) is 0 Å². The highest BCUT2D eigenvalue weighted by molar-refractivity contribution is 7.99. The standard InChI is InChI=1S/C8H6ClN3OS/c9-6-2-1-5(10)7(12-6)14-8-11-3-4-13-8/h1-4H,10H2. The topological polar surface area (TPSA) is 64.9 Å². The van der Waals surface area contributed by atoms with Crippen LogP contribution in [0.5, 0.6) is 0 Å². The Morgan fingerprint density at radius 1 is 1.43 bits per heavy atom. The van der Waals surface area contributed by atoms with Gasteiger partial charge in [0.15, 0.2) is 0 Å². The molecule has 2 N–H and O–H groups in total. The Morgan fingerprint density at radius 2 is 2.29 bits per heavy atom. The van der Waals surface area contributed by atoms with Crippen LogP contribution < -0.4 is 5.73 Å². The van der Waals surface area contributed by atoms with E-state index in [1.54, 1.807) is 18.3 Å². The van der Waals surface area contributed by atoms with E-state index in [0.717, 1.165) is 0 Å². The van der Waals surface area contributed by atoms with E-state index in [9.17, 15) is 0 Å². The summed E-state index contributed by atoms with van der Waals surface area (Å²) in [6, 6.07) is 3.33. The first-order valence-corrected chi connectivity index (χ1v) is 4.94. The third-order valence-corrected chi connectivity index (χ3v) is 2.56. The quantitative estimate of drug-likeness (QED) is 0.799. The Hall–Kier alpha value is -1.20. The number of nitrogens with two attached hydrogens (primary N) is 1. The number of hydrogen-bond acceptors (Lipinski definition) is 5. The van der Waals surface area contributed by atoms with E-state index in [-0.39, 0.29) is 0 Å². The largest absolute Gasteiger partial charge is 0.440 e. The smallest absolute Gasteiger partial charge is 0.262 e. The summed E-state index contributed by atoms with van der Waals surface area (Å²) in [6.45, 7) is 0. The highest BCUT2D eigenvalue weighted by Crippen LogP contribution is 2.29. The van der Waals surface area contributed by atoms with Crippen molar-refractivity contribution in [1.82, 2.24) is 9.97 Å². The lowest BCUT2D eigenvalue weighted by atomic mass is 10.4. The summed E-state index contributed by atoms with van der Waals surface area (Å²) >= 11 is 6.96. The van der Waals surface area contributed by atoms with Gasteiger partial charge in [-0.1, -0.05) is 11.6 Å². The summed E-state index contributed by atoms with van der Waals surface area (Å²) in [5.74, 6) is 0. The molecule has 0 saturated carbocycles. The van der Waals surface area contributed by atoms with Crippen molar-refractivity contribution < 1.29 is 4.42 Å². The lowest BCUT2D eigenvalue weighted by Gasteiger charge is -2.00. The number of hydrogen-bond donors (Lipinski definition) is 1. The molecule has 2 heterocycles. The first-order valence-electron chi connectivity index (χ1n) is 3.75. The van der Waals surface area contributed by atoms with Crippen molar-refractivity contribution >= 4 is 29.1 Å². The van der Waals surface area contributed by atoms with Crippen molar-refractivity contribution in [3.63, 3.8) is 0 Å². The number of pyridine rings is 1. The van der Waals surface area contributed by atoms with Crippen LogP contribution in [-0.2, 0) is 0 Å². The zero-order valence-corrected chi connectivity index (χ0v) is 8.55. The molecule has 4 nitrogen and oxygen atoms in total. The minimum absolute atomic E-state index is 0.397. The first kappa shape index (κ1) is 9.36. The Bertz CT molecular complexity index is 432. The molecule has 0 radical (unpaired) electrons. The number of aromatic nitrogens is 2. The molecule has 2 aromatic rings. The molecule has 6 heteroatoms. The molecule has 0 aliphatic heterocycles. The van der Waals surface area contributed by atoms with Gasteiger partial charge in [0.05, 0.1) is 11.9 Å². The Balaban J connectivity index is 2.28. The van der Waals surface area contributed by atoms with Gasteiger partial charge in [-0.15, -0.1) is 0 Å². The zero-order chi connectivity index (χ0) is 9.97. The van der Waals surface area contributed by atoms with Gasteiger partial charge in [-0.25, -0.2) is 9.97 Å². The van der Waals surface area contributed by atoms with E-state index in [2.05, 4.69) is 9.97 Å². The summed E-state index contributed by atoms with van der Waals surface area (Å²) in [7, 11) is 0. The summed E-state index contributed by atoms with van der Waals surface area (Å²) in [6.07, 6.45) is 3.05. The molecule has 0 saturated heterocycles. The van der Waals surface area contributed by atoms with Gasteiger partial charge >= 0.3 is 0 Å². The maximum absolute atomic E-state index is 5.73. The predicted molar refractivity (Wildman–Crippen MR) is 54.3 cm³/mol. The maximum Gasteiger partial charge on any atom is 0.262 e. The van der Waals surface area contributed by atoms with E-state index in [4.69, 9.17) is 21.8 Å². The number of halogens is 1. The van der Waals surface area contributed by atoms with Gasteiger partial charge in [0.1, 0.15) is 16.4 Å². The predicted octanol–water partition coefficient (Wildman–Crippen LogP) is 2.46. The molecule has 0 atom stereocenters. The van der Waals surface area contributed by atoms with E-state index in [1.807, 2.05) is 0 Å².